The highest BCUT2D eigenvalue weighted by Crippen LogP contribution is 2.23. The summed E-state index contributed by atoms with van der Waals surface area (Å²) in [6, 6.07) is 16.4. The lowest BCUT2D eigenvalue weighted by Crippen LogP contribution is -2.51. The molecule has 0 radical (unpaired) electrons. The van der Waals surface area contributed by atoms with E-state index in [0.717, 1.165) is 12.0 Å². The van der Waals surface area contributed by atoms with Crippen molar-refractivity contribution in [3.8, 4) is 5.75 Å². The van der Waals surface area contributed by atoms with E-state index in [1.54, 1.807) is 29.2 Å². The maximum Gasteiger partial charge on any atom is 0.261 e. The molecule has 2 amide bonds. The van der Waals surface area contributed by atoms with Gasteiger partial charge in [-0.1, -0.05) is 67.9 Å². The summed E-state index contributed by atoms with van der Waals surface area (Å²) in [6.45, 7) is 4.76. The Hall–Kier alpha value is -2.53. The Labute approximate surface area is 178 Å². The van der Waals surface area contributed by atoms with Gasteiger partial charge < -0.3 is 15.0 Å². The van der Waals surface area contributed by atoms with Crippen LogP contribution in [0.5, 0.6) is 5.75 Å². The average molecular weight is 417 g/mol. The van der Waals surface area contributed by atoms with Crippen molar-refractivity contribution in [1.82, 2.24) is 10.2 Å². The van der Waals surface area contributed by atoms with Gasteiger partial charge in [0.2, 0.25) is 5.91 Å². The van der Waals surface area contributed by atoms with E-state index >= 15 is 0 Å². The van der Waals surface area contributed by atoms with Gasteiger partial charge in [-0.2, -0.15) is 0 Å². The van der Waals surface area contributed by atoms with Crippen LogP contribution < -0.4 is 10.1 Å². The van der Waals surface area contributed by atoms with Crippen molar-refractivity contribution in [3.63, 3.8) is 0 Å². The van der Waals surface area contributed by atoms with Crippen molar-refractivity contribution >= 4 is 23.4 Å². The zero-order valence-electron chi connectivity index (χ0n) is 17.1. The van der Waals surface area contributed by atoms with Gasteiger partial charge >= 0.3 is 0 Å². The third-order valence-corrected chi connectivity index (χ3v) is 4.92. The molecule has 2 aromatic carbocycles. The molecule has 5 nitrogen and oxygen atoms in total. The monoisotopic (exact) mass is 416 g/mol. The number of para-hydroxylation sites is 1. The van der Waals surface area contributed by atoms with Crippen molar-refractivity contribution in [3.05, 3.63) is 65.2 Å². The average Bonchev–Trinajstić information content (AvgIpc) is 2.74. The fourth-order valence-electron chi connectivity index (χ4n) is 3.05. The number of carbonyl (C=O) groups is 2. The summed E-state index contributed by atoms with van der Waals surface area (Å²) < 4.78 is 5.63. The molecule has 2 aromatic rings. The summed E-state index contributed by atoms with van der Waals surface area (Å²) >= 11 is 6.11. The topological polar surface area (TPSA) is 58.6 Å². The van der Waals surface area contributed by atoms with Crippen LogP contribution in [0.2, 0.25) is 5.02 Å². The Bertz CT molecular complexity index is 783. The van der Waals surface area contributed by atoms with Gasteiger partial charge in [0.1, 0.15) is 11.8 Å². The number of carbonyl (C=O) groups excluding carboxylic acids is 2. The summed E-state index contributed by atoms with van der Waals surface area (Å²) in [5, 5.41) is 3.35. The van der Waals surface area contributed by atoms with Crippen LogP contribution in [-0.4, -0.2) is 42.5 Å². The van der Waals surface area contributed by atoms with Gasteiger partial charge in [0, 0.05) is 13.1 Å². The van der Waals surface area contributed by atoms with Gasteiger partial charge in [0.15, 0.2) is 6.61 Å². The van der Waals surface area contributed by atoms with Crippen molar-refractivity contribution in [1.29, 1.82) is 0 Å². The highest BCUT2D eigenvalue weighted by atomic mass is 35.5. The first-order chi connectivity index (χ1) is 14.1. The van der Waals surface area contributed by atoms with Crippen molar-refractivity contribution in [2.75, 3.05) is 19.7 Å². The predicted octanol–water partition coefficient (Wildman–Crippen LogP) is 4.09. The number of halogens is 1. The minimum Gasteiger partial charge on any atom is -0.482 e. The molecular formula is C23H29ClN2O3. The number of nitrogens with zero attached hydrogens (tertiary/aromatic N) is 1. The molecule has 0 aliphatic rings. The number of amides is 2. The minimum atomic E-state index is -0.535. The smallest absolute Gasteiger partial charge is 0.261 e. The van der Waals surface area contributed by atoms with E-state index in [0.29, 0.717) is 36.7 Å². The molecule has 0 aromatic heterocycles. The molecule has 0 spiro atoms. The Morgan fingerprint density at radius 1 is 1.07 bits per heavy atom. The molecule has 1 N–H and O–H groups in total. The molecular weight excluding hydrogens is 388 g/mol. The third kappa shape index (κ3) is 7.09. The number of benzene rings is 2. The fourth-order valence-corrected chi connectivity index (χ4v) is 3.24. The molecule has 0 saturated carbocycles. The molecule has 156 valence electrons. The van der Waals surface area contributed by atoms with E-state index in [1.165, 1.54) is 0 Å². The van der Waals surface area contributed by atoms with E-state index in [9.17, 15) is 9.59 Å². The van der Waals surface area contributed by atoms with Crippen LogP contribution in [0.15, 0.2) is 54.6 Å². The van der Waals surface area contributed by atoms with Crippen LogP contribution >= 0.6 is 11.6 Å². The summed E-state index contributed by atoms with van der Waals surface area (Å²) in [4.78, 5) is 27.3. The number of hydrogen-bond acceptors (Lipinski definition) is 3. The van der Waals surface area contributed by atoms with Crippen LogP contribution in [0.1, 0.15) is 32.3 Å². The Morgan fingerprint density at radius 3 is 2.41 bits per heavy atom. The van der Waals surface area contributed by atoms with Crippen molar-refractivity contribution in [2.45, 2.75) is 39.2 Å². The first-order valence-corrected chi connectivity index (χ1v) is 10.4. The second kappa shape index (κ2) is 12.1. The fraction of sp³-hybridized carbons (Fsp3) is 0.391. The molecule has 0 unspecified atom stereocenters. The number of hydrogen-bond donors (Lipinski definition) is 1. The van der Waals surface area contributed by atoms with Gasteiger partial charge in [0.25, 0.3) is 5.91 Å². The van der Waals surface area contributed by atoms with E-state index in [1.807, 2.05) is 44.2 Å². The van der Waals surface area contributed by atoms with Gasteiger partial charge in [-0.3, -0.25) is 9.59 Å². The van der Waals surface area contributed by atoms with Crippen LogP contribution in [0.3, 0.4) is 0 Å². The van der Waals surface area contributed by atoms with Crippen molar-refractivity contribution < 1.29 is 14.3 Å². The maximum absolute atomic E-state index is 13.0. The molecule has 1 atom stereocenters. The van der Waals surface area contributed by atoms with Gasteiger partial charge in [-0.05, 0) is 37.0 Å². The van der Waals surface area contributed by atoms with Gasteiger partial charge in [-0.15, -0.1) is 0 Å². The molecule has 0 saturated heterocycles. The zero-order chi connectivity index (χ0) is 21.1. The minimum absolute atomic E-state index is 0.131. The van der Waals surface area contributed by atoms with Crippen LogP contribution in [-0.2, 0) is 16.0 Å². The first kappa shape index (κ1) is 22.8. The number of ether oxygens (including phenoxy) is 1. The summed E-state index contributed by atoms with van der Waals surface area (Å²) in [5.41, 5.74) is 1.11. The molecule has 2 rings (SSSR count). The van der Waals surface area contributed by atoms with E-state index in [-0.39, 0.29) is 18.4 Å². The summed E-state index contributed by atoms with van der Waals surface area (Å²) in [7, 11) is 0. The second-order valence-electron chi connectivity index (χ2n) is 6.76. The molecule has 29 heavy (non-hydrogen) atoms. The SMILES string of the molecule is CCCNC(=O)[C@H](CC)N(CCc1ccccc1)C(=O)COc1ccccc1Cl. The van der Waals surface area contributed by atoms with Crippen LogP contribution in [0.4, 0.5) is 0 Å². The normalized spacial score (nSPS) is 11.6. The van der Waals surface area contributed by atoms with Crippen LogP contribution in [0, 0.1) is 0 Å². The predicted molar refractivity (Wildman–Crippen MR) is 116 cm³/mol. The van der Waals surface area contributed by atoms with Crippen LogP contribution in [0.25, 0.3) is 0 Å². The Kier molecular flexibility index (Phi) is 9.51. The van der Waals surface area contributed by atoms with Crippen molar-refractivity contribution in [2.24, 2.45) is 0 Å². The van der Waals surface area contributed by atoms with E-state index in [2.05, 4.69) is 5.32 Å². The number of rotatable bonds is 11. The maximum atomic E-state index is 13.0. The standard InChI is InChI=1S/C23H29ClN2O3/c1-3-15-25-23(28)20(4-2)26(16-14-18-10-6-5-7-11-18)22(27)17-29-21-13-9-8-12-19(21)24/h5-13,20H,3-4,14-17H2,1-2H3,(H,25,28)/t20-/m0/s1. The first-order valence-electron chi connectivity index (χ1n) is 10.0. The Balaban J connectivity index is 2.11. The van der Waals surface area contributed by atoms with E-state index < -0.39 is 6.04 Å². The van der Waals surface area contributed by atoms with Gasteiger partial charge in [0.05, 0.1) is 5.02 Å². The lowest BCUT2D eigenvalue weighted by atomic mass is 10.1. The lowest BCUT2D eigenvalue weighted by Gasteiger charge is -2.30. The highest BCUT2D eigenvalue weighted by Gasteiger charge is 2.28. The largest absolute Gasteiger partial charge is 0.482 e. The molecule has 0 bridgehead atoms. The van der Waals surface area contributed by atoms with Gasteiger partial charge in [-0.25, -0.2) is 0 Å². The quantitative estimate of drug-likeness (QED) is 0.600. The zero-order valence-corrected chi connectivity index (χ0v) is 17.8. The second-order valence-corrected chi connectivity index (χ2v) is 7.16. The third-order valence-electron chi connectivity index (χ3n) is 4.61. The molecule has 0 aliphatic carbocycles. The summed E-state index contributed by atoms with van der Waals surface area (Å²) in [5.74, 6) is 0.0851. The summed E-state index contributed by atoms with van der Waals surface area (Å²) in [6.07, 6.45) is 2.04. The number of nitrogens with one attached hydrogen (secondary N) is 1. The lowest BCUT2D eigenvalue weighted by molar-refractivity contribution is -0.142. The molecule has 6 heteroatoms. The Morgan fingerprint density at radius 2 is 1.76 bits per heavy atom. The highest BCUT2D eigenvalue weighted by molar-refractivity contribution is 6.32. The molecule has 0 heterocycles. The van der Waals surface area contributed by atoms with E-state index in [4.69, 9.17) is 16.3 Å². The molecule has 0 aliphatic heterocycles. The molecule has 0 fully saturated rings.